The van der Waals surface area contributed by atoms with Gasteiger partial charge in [0.15, 0.2) is 18.1 Å². The number of hydrogen-bond acceptors (Lipinski definition) is 4. The molecule has 0 aliphatic heterocycles. The monoisotopic (exact) mass is 336 g/mol. The van der Waals surface area contributed by atoms with Crippen molar-refractivity contribution in [3.05, 3.63) is 23.8 Å². The van der Waals surface area contributed by atoms with Crippen LogP contribution in [0.25, 0.3) is 0 Å². The summed E-state index contributed by atoms with van der Waals surface area (Å²) in [7, 11) is 1.47. The van der Waals surface area contributed by atoms with E-state index in [1.54, 1.807) is 18.2 Å². The molecule has 0 saturated heterocycles. The van der Waals surface area contributed by atoms with E-state index in [4.69, 9.17) is 15.2 Å². The molecule has 0 heterocycles. The third kappa shape index (κ3) is 6.89. The van der Waals surface area contributed by atoms with Crippen molar-refractivity contribution in [1.29, 1.82) is 0 Å². The number of carbonyl (C=O) groups excluding carboxylic acids is 2. The highest BCUT2D eigenvalue weighted by Crippen LogP contribution is 2.28. The molecule has 2 amide bonds. The number of rotatable bonds is 10. The van der Waals surface area contributed by atoms with Crippen LogP contribution in [0, 0.1) is 5.92 Å². The summed E-state index contributed by atoms with van der Waals surface area (Å²) in [6, 6.07) is 4.93. The Morgan fingerprint density at radius 2 is 1.88 bits per heavy atom. The summed E-state index contributed by atoms with van der Waals surface area (Å²) in [5.74, 6) is 0.695. The molecule has 0 fully saturated rings. The minimum Gasteiger partial charge on any atom is -0.493 e. The second kappa shape index (κ2) is 9.80. The Bertz CT molecular complexity index is 558. The fraction of sp³-hybridized carbons (Fsp3) is 0.556. The maximum atomic E-state index is 12.3. The van der Waals surface area contributed by atoms with E-state index in [9.17, 15) is 9.59 Å². The van der Waals surface area contributed by atoms with Crippen molar-refractivity contribution in [3.63, 3.8) is 0 Å². The quantitative estimate of drug-likeness (QED) is 0.687. The third-order valence-corrected chi connectivity index (χ3v) is 3.59. The Morgan fingerprint density at radius 1 is 1.17 bits per heavy atom. The largest absolute Gasteiger partial charge is 0.493 e. The predicted molar refractivity (Wildman–Crippen MR) is 93.3 cm³/mol. The van der Waals surface area contributed by atoms with E-state index in [1.165, 1.54) is 7.11 Å². The SMILES string of the molecule is COc1cc(C(=O)NC(C)CCCC(C)C)ccc1OCC(N)=O. The minimum absolute atomic E-state index is 0.105. The zero-order chi connectivity index (χ0) is 18.1. The number of ether oxygens (including phenoxy) is 2. The van der Waals surface area contributed by atoms with E-state index in [0.717, 1.165) is 19.3 Å². The zero-order valence-electron chi connectivity index (χ0n) is 14.9. The molecule has 1 unspecified atom stereocenters. The number of amides is 2. The molecular weight excluding hydrogens is 308 g/mol. The number of carbonyl (C=O) groups is 2. The van der Waals surface area contributed by atoms with Crippen LogP contribution in [0.2, 0.25) is 0 Å². The molecule has 3 N–H and O–H groups in total. The molecule has 0 aliphatic carbocycles. The van der Waals surface area contributed by atoms with Crippen molar-refractivity contribution < 1.29 is 19.1 Å². The molecule has 24 heavy (non-hydrogen) atoms. The Morgan fingerprint density at radius 3 is 2.46 bits per heavy atom. The van der Waals surface area contributed by atoms with Crippen molar-refractivity contribution in [3.8, 4) is 11.5 Å². The fourth-order valence-corrected chi connectivity index (χ4v) is 2.29. The Labute approximate surface area is 143 Å². The van der Waals surface area contributed by atoms with Crippen LogP contribution in [0.3, 0.4) is 0 Å². The van der Waals surface area contributed by atoms with Gasteiger partial charge in [0.1, 0.15) is 0 Å². The van der Waals surface area contributed by atoms with Gasteiger partial charge in [-0.25, -0.2) is 0 Å². The molecule has 6 heteroatoms. The van der Waals surface area contributed by atoms with Gasteiger partial charge in [0.05, 0.1) is 7.11 Å². The van der Waals surface area contributed by atoms with Gasteiger partial charge in [-0.15, -0.1) is 0 Å². The summed E-state index contributed by atoms with van der Waals surface area (Å²) in [6.07, 6.45) is 3.18. The summed E-state index contributed by atoms with van der Waals surface area (Å²) >= 11 is 0. The van der Waals surface area contributed by atoms with Crippen LogP contribution >= 0.6 is 0 Å². The fourth-order valence-electron chi connectivity index (χ4n) is 2.29. The van der Waals surface area contributed by atoms with Gasteiger partial charge in [-0.3, -0.25) is 9.59 Å². The van der Waals surface area contributed by atoms with Crippen molar-refractivity contribution >= 4 is 11.8 Å². The minimum atomic E-state index is -0.575. The molecule has 1 atom stereocenters. The molecule has 0 spiro atoms. The number of nitrogens with two attached hydrogens (primary N) is 1. The Balaban J connectivity index is 2.65. The summed E-state index contributed by atoms with van der Waals surface area (Å²) in [6.45, 7) is 6.14. The van der Waals surface area contributed by atoms with Crippen LogP contribution in [0.1, 0.15) is 50.4 Å². The highest BCUT2D eigenvalue weighted by atomic mass is 16.5. The van der Waals surface area contributed by atoms with Gasteiger partial charge in [0.2, 0.25) is 0 Å². The van der Waals surface area contributed by atoms with E-state index < -0.39 is 5.91 Å². The van der Waals surface area contributed by atoms with Crippen LogP contribution < -0.4 is 20.5 Å². The Hall–Kier alpha value is -2.24. The van der Waals surface area contributed by atoms with Crippen LogP contribution in [0.15, 0.2) is 18.2 Å². The molecule has 1 aromatic rings. The van der Waals surface area contributed by atoms with Crippen molar-refractivity contribution in [2.24, 2.45) is 11.7 Å². The first-order valence-corrected chi connectivity index (χ1v) is 8.23. The summed E-state index contributed by atoms with van der Waals surface area (Å²) < 4.78 is 10.5. The van der Waals surface area contributed by atoms with Gasteiger partial charge in [0.25, 0.3) is 11.8 Å². The average Bonchev–Trinajstić information content (AvgIpc) is 2.52. The molecule has 0 bridgehead atoms. The smallest absolute Gasteiger partial charge is 0.255 e. The maximum absolute atomic E-state index is 12.3. The van der Waals surface area contributed by atoms with E-state index in [-0.39, 0.29) is 18.6 Å². The van der Waals surface area contributed by atoms with Gasteiger partial charge >= 0.3 is 0 Å². The van der Waals surface area contributed by atoms with Gasteiger partial charge in [-0.2, -0.15) is 0 Å². The molecule has 0 saturated carbocycles. The molecule has 6 nitrogen and oxygen atoms in total. The summed E-state index contributed by atoms with van der Waals surface area (Å²) in [5, 5.41) is 2.98. The number of benzene rings is 1. The van der Waals surface area contributed by atoms with E-state index in [2.05, 4.69) is 19.2 Å². The molecule has 0 radical (unpaired) electrons. The third-order valence-electron chi connectivity index (χ3n) is 3.59. The number of nitrogens with one attached hydrogen (secondary N) is 1. The van der Waals surface area contributed by atoms with Crippen LogP contribution in [-0.2, 0) is 4.79 Å². The Kier molecular flexibility index (Phi) is 8.09. The lowest BCUT2D eigenvalue weighted by atomic mass is 10.0. The normalized spacial score (nSPS) is 11.9. The zero-order valence-corrected chi connectivity index (χ0v) is 14.9. The highest BCUT2D eigenvalue weighted by molar-refractivity contribution is 5.95. The lowest BCUT2D eigenvalue weighted by molar-refractivity contribution is -0.119. The van der Waals surface area contributed by atoms with Gasteiger partial charge in [-0.1, -0.05) is 26.7 Å². The van der Waals surface area contributed by atoms with Gasteiger partial charge in [-0.05, 0) is 37.5 Å². The molecule has 1 rings (SSSR count). The van der Waals surface area contributed by atoms with Crippen LogP contribution in [0.5, 0.6) is 11.5 Å². The van der Waals surface area contributed by atoms with E-state index in [1.807, 2.05) is 6.92 Å². The number of methoxy groups -OCH3 is 1. The van der Waals surface area contributed by atoms with Gasteiger partial charge < -0.3 is 20.5 Å². The second-order valence-electron chi connectivity index (χ2n) is 6.32. The van der Waals surface area contributed by atoms with Gasteiger partial charge in [0, 0.05) is 11.6 Å². The second-order valence-corrected chi connectivity index (χ2v) is 6.32. The van der Waals surface area contributed by atoms with Crippen molar-refractivity contribution in [2.75, 3.05) is 13.7 Å². The molecular formula is C18H28N2O4. The first-order chi connectivity index (χ1) is 11.3. The first-order valence-electron chi connectivity index (χ1n) is 8.23. The van der Waals surface area contributed by atoms with Crippen molar-refractivity contribution in [1.82, 2.24) is 5.32 Å². The molecule has 134 valence electrons. The van der Waals surface area contributed by atoms with Crippen LogP contribution in [-0.4, -0.2) is 31.6 Å². The average molecular weight is 336 g/mol. The molecule has 0 aliphatic rings. The topological polar surface area (TPSA) is 90.7 Å². The molecule has 1 aromatic carbocycles. The first kappa shape index (κ1) is 19.8. The number of hydrogen-bond donors (Lipinski definition) is 2. The standard InChI is InChI=1S/C18H28N2O4/c1-12(2)6-5-7-13(3)20-18(22)14-8-9-15(16(10-14)23-4)24-11-17(19)21/h8-10,12-13H,5-7,11H2,1-4H3,(H2,19,21)(H,20,22). The highest BCUT2D eigenvalue weighted by Gasteiger charge is 2.14. The predicted octanol–water partition coefficient (Wildman–Crippen LogP) is 2.50. The van der Waals surface area contributed by atoms with E-state index in [0.29, 0.717) is 23.0 Å². The molecule has 0 aromatic heterocycles. The van der Waals surface area contributed by atoms with Crippen LogP contribution in [0.4, 0.5) is 0 Å². The maximum Gasteiger partial charge on any atom is 0.255 e. The summed E-state index contributed by atoms with van der Waals surface area (Å²) in [4.78, 5) is 23.1. The lowest BCUT2D eigenvalue weighted by Gasteiger charge is -2.16. The lowest BCUT2D eigenvalue weighted by Crippen LogP contribution is -2.32. The van der Waals surface area contributed by atoms with Crippen molar-refractivity contribution in [2.45, 2.75) is 46.1 Å². The number of primary amides is 1. The summed E-state index contributed by atoms with van der Waals surface area (Å²) in [5.41, 5.74) is 5.53. The van der Waals surface area contributed by atoms with E-state index >= 15 is 0 Å².